The van der Waals surface area contributed by atoms with Gasteiger partial charge in [-0.1, -0.05) is 24.8 Å². The first-order chi connectivity index (χ1) is 11.2. The molecule has 7 heteroatoms. The van der Waals surface area contributed by atoms with E-state index < -0.39 is 5.97 Å². The first-order valence-electron chi connectivity index (χ1n) is 7.66. The molecule has 124 valence electrons. The molecule has 0 amide bonds. The molecule has 0 saturated heterocycles. The predicted molar refractivity (Wildman–Crippen MR) is 89.3 cm³/mol. The summed E-state index contributed by atoms with van der Waals surface area (Å²) in [7, 11) is 0. The van der Waals surface area contributed by atoms with Crippen molar-refractivity contribution in [2.24, 2.45) is 0 Å². The highest BCUT2D eigenvalue weighted by Crippen LogP contribution is 2.19. The second-order valence-electron chi connectivity index (χ2n) is 4.92. The maximum absolute atomic E-state index is 10.9. The summed E-state index contributed by atoms with van der Waals surface area (Å²) in [5, 5.41) is 18.3. The third-order valence-electron chi connectivity index (χ3n) is 3.25. The summed E-state index contributed by atoms with van der Waals surface area (Å²) in [6.45, 7) is 5.54. The summed E-state index contributed by atoms with van der Waals surface area (Å²) in [5.41, 5.74) is 0.227. The zero-order chi connectivity index (χ0) is 16.7. The molecule has 0 unspecified atom stereocenters. The van der Waals surface area contributed by atoms with Crippen LogP contribution in [0.25, 0.3) is 0 Å². The third-order valence-corrected chi connectivity index (χ3v) is 4.18. The van der Waals surface area contributed by atoms with Gasteiger partial charge in [0.1, 0.15) is 11.6 Å². The van der Waals surface area contributed by atoms with Gasteiger partial charge in [-0.15, -0.1) is 10.2 Å². The minimum absolute atomic E-state index is 0.227. The van der Waals surface area contributed by atoms with Gasteiger partial charge in [-0.2, -0.15) is 0 Å². The van der Waals surface area contributed by atoms with Crippen molar-refractivity contribution in [2.75, 3.05) is 12.4 Å². The summed E-state index contributed by atoms with van der Waals surface area (Å²) in [4.78, 5) is 10.9. The molecular formula is C16H21N3O3S. The largest absolute Gasteiger partial charge is 0.493 e. The van der Waals surface area contributed by atoms with Crippen molar-refractivity contribution in [1.29, 1.82) is 0 Å². The standard InChI is InChI=1S/C16H21N3O3S/c1-3-6-14-17-18-16(19(14)4-2)23-10-9-22-13-8-5-7-12(11-13)15(20)21/h5,7-8,11H,3-4,6,9-10H2,1-2H3,(H,20,21). The Balaban J connectivity index is 1.86. The van der Waals surface area contributed by atoms with E-state index in [4.69, 9.17) is 9.84 Å². The smallest absolute Gasteiger partial charge is 0.335 e. The molecule has 6 nitrogen and oxygen atoms in total. The Bertz CT molecular complexity index is 658. The number of thioether (sulfide) groups is 1. The van der Waals surface area contributed by atoms with E-state index in [1.54, 1.807) is 30.0 Å². The van der Waals surface area contributed by atoms with Crippen LogP contribution in [0.3, 0.4) is 0 Å². The number of benzene rings is 1. The number of carboxylic acid groups (broad SMARTS) is 1. The van der Waals surface area contributed by atoms with Crippen LogP contribution in [0.4, 0.5) is 0 Å². The average molecular weight is 335 g/mol. The number of nitrogens with zero attached hydrogens (tertiary/aromatic N) is 3. The van der Waals surface area contributed by atoms with Crippen LogP contribution >= 0.6 is 11.8 Å². The molecule has 0 aliphatic heterocycles. The highest BCUT2D eigenvalue weighted by atomic mass is 32.2. The molecule has 0 aliphatic rings. The molecule has 1 N–H and O–H groups in total. The molecule has 0 radical (unpaired) electrons. The summed E-state index contributed by atoms with van der Waals surface area (Å²) in [6.07, 6.45) is 1.98. The quantitative estimate of drug-likeness (QED) is 0.560. The second kappa shape index (κ2) is 8.57. The molecule has 0 spiro atoms. The number of aromatic carboxylic acids is 1. The molecule has 0 atom stereocenters. The predicted octanol–water partition coefficient (Wildman–Crippen LogP) is 3.12. The Morgan fingerprint density at radius 1 is 1.35 bits per heavy atom. The van der Waals surface area contributed by atoms with Crippen molar-refractivity contribution in [3.63, 3.8) is 0 Å². The SMILES string of the molecule is CCCc1nnc(SCCOc2cccc(C(=O)O)c2)n1CC. The number of hydrogen-bond donors (Lipinski definition) is 1. The van der Waals surface area contributed by atoms with E-state index in [0.717, 1.165) is 36.1 Å². The van der Waals surface area contributed by atoms with E-state index in [9.17, 15) is 4.79 Å². The van der Waals surface area contributed by atoms with Crippen molar-refractivity contribution >= 4 is 17.7 Å². The van der Waals surface area contributed by atoms with Crippen LogP contribution in [0, 0.1) is 0 Å². The van der Waals surface area contributed by atoms with Crippen molar-refractivity contribution in [1.82, 2.24) is 14.8 Å². The van der Waals surface area contributed by atoms with E-state index >= 15 is 0 Å². The lowest BCUT2D eigenvalue weighted by Gasteiger charge is -2.08. The molecule has 2 rings (SSSR count). The summed E-state index contributed by atoms with van der Waals surface area (Å²) < 4.78 is 7.73. The molecule has 1 aromatic carbocycles. The van der Waals surface area contributed by atoms with Gasteiger partial charge in [0.2, 0.25) is 0 Å². The second-order valence-corrected chi connectivity index (χ2v) is 5.99. The van der Waals surface area contributed by atoms with Gasteiger partial charge >= 0.3 is 5.97 Å². The minimum Gasteiger partial charge on any atom is -0.493 e. The maximum Gasteiger partial charge on any atom is 0.335 e. The van der Waals surface area contributed by atoms with Crippen LogP contribution < -0.4 is 4.74 Å². The van der Waals surface area contributed by atoms with E-state index in [0.29, 0.717) is 12.4 Å². The molecular weight excluding hydrogens is 314 g/mol. The van der Waals surface area contributed by atoms with Crippen molar-refractivity contribution in [3.05, 3.63) is 35.7 Å². The van der Waals surface area contributed by atoms with E-state index in [1.807, 2.05) is 0 Å². The van der Waals surface area contributed by atoms with Crippen LogP contribution in [-0.2, 0) is 13.0 Å². The Kier molecular flexibility index (Phi) is 6.46. The van der Waals surface area contributed by atoms with Gasteiger partial charge in [0.25, 0.3) is 0 Å². The van der Waals surface area contributed by atoms with E-state index in [2.05, 4.69) is 28.6 Å². The van der Waals surface area contributed by atoms with Crippen LogP contribution in [0.15, 0.2) is 29.4 Å². The van der Waals surface area contributed by atoms with Crippen LogP contribution in [-0.4, -0.2) is 38.2 Å². The lowest BCUT2D eigenvalue weighted by molar-refractivity contribution is 0.0696. The molecule has 23 heavy (non-hydrogen) atoms. The molecule has 0 aliphatic carbocycles. The number of aromatic nitrogens is 3. The van der Waals surface area contributed by atoms with Gasteiger partial charge in [-0.25, -0.2) is 4.79 Å². The highest BCUT2D eigenvalue weighted by Gasteiger charge is 2.10. The molecule has 0 fully saturated rings. The van der Waals surface area contributed by atoms with Gasteiger partial charge in [-0.3, -0.25) is 0 Å². The van der Waals surface area contributed by atoms with Crippen LogP contribution in [0.1, 0.15) is 36.5 Å². The molecule has 2 aromatic rings. The Labute approximate surface area is 139 Å². The fraction of sp³-hybridized carbons (Fsp3) is 0.438. The Morgan fingerprint density at radius 2 is 2.17 bits per heavy atom. The molecule has 0 saturated carbocycles. The normalized spacial score (nSPS) is 10.7. The zero-order valence-electron chi connectivity index (χ0n) is 13.4. The van der Waals surface area contributed by atoms with Gasteiger partial charge in [0, 0.05) is 18.7 Å². The van der Waals surface area contributed by atoms with Gasteiger partial charge in [0.15, 0.2) is 5.16 Å². The Hall–Kier alpha value is -2.02. The lowest BCUT2D eigenvalue weighted by Crippen LogP contribution is -2.05. The number of carboxylic acids is 1. The number of aryl methyl sites for hydroxylation is 1. The van der Waals surface area contributed by atoms with Gasteiger partial charge in [-0.05, 0) is 31.5 Å². The van der Waals surface area contributed by atoms with Gasteiger partial charge in [0.05, 0.1) is 12.2 Å². The molecule has 1 aromatic heterocycles. The fourth-order valence-electron chi connectivity index (χ4n) is 2.16. The Morgan fingerprint density at radius 3 is 2.87 bits per heavy atom. The zero-order valence-corrected chi connectivity index (χ0v) is 14.2. The van der Waals surface area contributed by atoms with Crippen molar-refractivity contribution < 1.29 is 14.6 Å². The van der Waals surface area contributed by atoms with E-state index in [1.165, 1.54) is 6.07 Å². The minimum atomic E-state index is -0.954. The monoisotopic (exact) mass is 335 g/mol. The third kappa shape index (κ3) is 4.72. The molecule has 0 bridgehead atoms. The lowest BCUT2D eigenvalue weighted by atomic mass is 10.2. The van der Waals surface area contributed by atoms with Crippen LogP contribution in [0.2, 0.25) is 0 Å². The van der Waals surface area contributed by atoms with E-state index in [-0.39, 0.29) is 5.56 Å². The number of rotatable bonds is 9. The highest BCUT2D eigenvalue weighted by molar-refractivity contribution is 7.99. The first-order valence-corrected chi connectivity index (χ1v) is 8.65. The van der Waals surface area contributed by atoms with Gasteiger partial charge < -0.3 is 14.4 Å². The average Bonchev–Trinajstić information content (AvgIpc) is 2.94. The number of ether oxygens (including phenoxy) is 1. The topological polar surface area (TPSA) is 77.2 Å². The van der Waals surface area contributed by atoms with Crippen LogP contribution in [0.5, 0.6) is 5.75 Å². The van der Waals surface area contributed by atoms with Crippen molar-refractivity contribution in [2.45, 2.75) is 38.4 Å². The molecule has 1 heterocycles. The maximum atomic E-state index is 10.9. The van der Waals surface area contributed by atoms with Crippen molar-refractivity contribution in [3.8, 4) is 5.75 Å². The summed E-state index contributed by atoms with van der Waals surface area (Å²) in [5.74, 6) is 1.35. The number of carbonyl (C=O) groups is 1. The summed E-state index contributed by atoms with van der Waals surface area (Å²) in [6, 6.07) is 6.51. The first kappa shape index (κ1) is 17.3. The fourth-order valence-corrected chi connectivity index (χ4v) is 3.00. The number of hydrogen-bond acceptors (Lipinski definition) is 5. The summed E-state index contributed by atoms with van der Waals surface area (Å²) >= 11 is 1.60.